The summed E-state index contributed by atoms with van der Waals surface area (Å²) < 4.78 is 2.13. The number of carboxylic acid groups (broad SMARTS) is 1. The maximum Gasteiger partial charge on any atom is 0.313 e. The summed E-state index contributed by atoms with van der Waals surface area (Å²) in [6.45, 7) is 8.61. The predicted octanol–water partition coefficient (Wildman–Crippen LogP) is 2.10. The summed E-state index contributed by atoms with van der Waals surface area (Å²) in [4.78, 5) is 17.6. The van der Waals surface area contributed by atoms with Crippen LogP contribution in [0.25, 0.3) is 0 Å². The van der Waals surface area contributed by atoms with Crippen molar-refractivity contribution in [1.29, 1.82) is 0 Å². The van der Waals surface area contributed by atoms with E-state index in [1.807, 2.05) is 13.1 Å². The molecule has 1 aromatic heterocycles. The van der Waals surface area contributed by atoms with Gasteiger partial charge in [0.2, 0.25) is 0 Å². The van der Waals surface area contributed by atoms with Crippen molar-refractivity contribution in [3.05, 3.63) is 11.9 Å². The molecule has 1 aliphatic heterocycles. The maximum absolute atomic E-state index is 10.7. The summed E-state index contributed by atoms with van der Waals surface area (Å²) in [5.74, 6) is -0.0425. The van der Waals surface area contributed by atoms with Gasteiger partial charge in [-0.15, -0.1) is 0 Å². The first kappa shape index (κ1) is 15.4. The Hall–Kier alpha value is -1.01. The molecule has 0 bridgehead atoms. The van der Waals surface area contributed by atoms with Gasteiger partial charge in [0.1, 0.15) is 0 Å². The number of aromatic nitrogens is 2. The lowest BCUT2D eigenvalue weighted by Crippen LogP contribution is -2.34. The number of nitrogens with zero attached hydrogens (tertiary/aromatic N) is 3. The highest BCUT2D eigenvalue weighted by atomic mass is 32.2. The molecule has 1 fully saturated rings. The average Bonchev–Trinajstić information content (AvgIpc) is 2.77. The van der Waals surface area contributed by atoms with Gasteiger partial charge < -0.3 is 14.6 Å². The minimum atomic E-state index is -0.793. The van der Waals surface area contributed by atoms with Crippen molar-refractivity contribution in [3.8, 4) is 0 Å². The van der Waals surface area contributed by atoms with Crippen LogP contribution in [0.1, 0.15) is 25.5 Å². The van der Waals surface area contributed by atoms with E-state index in [-0.39, 0.29) is 5.75 Å². The average molecular weight is 297 g/mol. The van der Waals surface area contributed by atoms with Crippen LogP contribution in [0.4, 0.5) is 0 Å². The highest BCUT2D eigenvalue weighted by Gasteiger charge is 2.20. The largest absolute Gasteiger partial charge is 0.481 e. The molecule has 1 N–H and O–H groups in total. The number of likely N-dealkylation sites (tertiary alicyclic amines) is 1. The molecular formula is C14H23N3O2S. The van der Waals surface area contributed by atoms with Gasteiger partial charge in [0.05, 0.1) is 11.4 Å². The van der Waals surface area contributed by atoms with E-state index in [2.05, 4.69) is 21.4 Å². The summed E-state index contributed by atoms with van der Waals surface area (Å²) >= 11 is 1.31. The highest BCUT2D eigenvalue weighted by molar-refractivity contribution is 7.99. The predicted molar refractivity (Wildman–Crippen MR) is 80.2 cm³/mol. The molecule has 2 heterocycles. The number of imidazole rings is 1. The van der Waals surface area contributed by atoms with Crippen molar-refractivity contribution < 1.29 is 9.90 Å². The molecule has 0 unspecified atom stereocenters. The Kier molecular flexibility index (Phi) is 5.48. The molecule has 0 radical (unpaired) electrons. The number of aryl methyl sites for hydroxylation is 1. The van der Waals surface area contributed by atoms with Gasteiger partial charge in [-0.05, 0) is 45.3 Å². The van der Waals surface area contributed by atoms with E-state index >= 15 is 0 Å². The van der Waals surface area contributed by atoms with E-state index in [4.69, 9.17) is 5.11 Å². The first-order valence-corrected chi connectivity index (χ1v) is 8.17. The lowest BCUT2D eigenvalue weighted by molar-refractivity contribution is -0.133. The SMILES string of the molecule is CCN1CCC(Cn2cc(C)nc2SCC(=O)O)CC1. The topological polar surface area (TPSA) is 58.4 Å². The second-order valence-corrected chi connectivity index (χ2v) is 6.32. The van der Waals surface area contributed by atoms with Crippen LogP contribution in [0.3, 0.4) is 0 Å². The van der Waals surface area contributed by atoms with Crippen LogP contribution >= 0.6 is 11.8 Å². The number of piperidine rings is 1. The highest BCUT2D eigenvalue weighted by Crippen LogP contribution is 2.23. The van der Waals surface area contributed by atoms with E-state index in [0.717, 1.165) is 23.9 Å². The van der Waals surface area contributed by atoms with E-state index in [9.17, 15) is 4.79 Å². The van der Waals surface area contributed by atoms with Crippen molar-refractivity contribution in [2.45, 2.75) is 38.4 Å². The fourth-order valence-corrected chi connectivity index (χ4v) is 3.41. The molecule has 0 aromatic carbocycles. The first-order valence-electron chi connectivity index (χ1n) is 7.19. The molecule has 0 aliphatic carbocycles. The maximum atomic E-state index is 10.7. The zero-order chi connectivity index (χ0) is 14.5. The molecular weight excluding hydrogens is 274 g/mol. The van der Waals surface area contributed by atoms with E-state index in [0.29, 0.717) is 5.92 Å². The van der Waals surface area contributed by atoms with Gasteiger partial charge in [-0.3, -0.25) is 4.79 Å². The van der Waals surface area contributed by atoms with Gasteiger partial charge in [-0.25, -0.2) is 4.98 Å². The van der Waals surface area contributed by atoms with Crippen LogP contribution in [0, 0.1) is 12.8 Å². The zero-order valence-corrected chi connectivity index (χ0v) is 13.0. The number of thioether (sulfide) groups is 1. The smallest absolute Gasteiger partial charge is 0.313 e. The van der Waals surface area contributed by atoms with Gasteiger partial charge in [0, 0.05) is 12.7 Å². The molecule has 1 saturated heterocycles. The molecule has 2 rings (SSSR count). The zero-order valence-electron chi connectivity index (χ0n) is 12.2. The molecule has 0 spiro atoms. The van der Waals surface area contributed by atoms with Crippen molar-refractivity contribution in [1.82, 2.24) is 14.5 Å². The number of hydrogen-bond acceptors (Lipinski definition) is 4. The third-order valence-electron chi connectivity index (χ3n) is 3.79. The monoisotopic (exact) mass is 297 g/mol. The van der Waals surface area contributed by atoms with Crippen molar-refractivity contribution in [3.63, 3.8) is 0 Å². The minimum absolute atomic E-state index is 0.0741. The van der Waals surface area contributed by atoms with Gasteiger partial charge in [0.15, 0.2) is 5.16 Å². The van der Waals surface area contributed by atoms with Gasteiger partial charge >= 0.3 is 5.97 Å². The van der Waals surface area contributed by atoms with E-state index in [1.165, 1.54) is 37.7 Å². The fourth-order valence-electron chi connectivity index (χ4n) is 2.66. The second kappa shape index (κ2) is 7.13. The molecule has 112 valence electrons. The standard InChI is InChI=1S/C14H23N3O2S/c1-3-16-6-4-12(5-7-16)9-17-8-11(2)15-14(17)20-10-13(18)19/h8,12H,3-7,9-10H2,1-2H3,(H,18,19). The number of rotatable bonds is 6. The Morgan fingerprint density at radius 2 is 2.20 bits per heavy atom. The molecule has 0 amide bonds. The summed E-state index contributed by atoms with van der Waals surface area (Å²) in [6, 6.07) is 0. The second-order valence-electron chi connectivity index (χ2n) is 5.38. The van der Waals surface area contributed by atoms with Crippen LogP contribution in [0.15, 0.2) is 11.4 Å². The quantitative estimate of drug-likeness (QED) is 0.815. The van der Waals surface area contributed by atoms with Gasteiger partial charge in [-0.1, -0.05) is 18.7 Å². The Balaban J connectivity index is 1.93. The summed E-state index contributed by atoms with van der Waals surface area (Å²) in [6.07, 6.45) is 4.47. The number of hydrogen-bond donors (Lipinski definition) is 1. The number of aliphatic carboxylic acids is 1. The van der Waals surface area contributed by atoms with Crippen LogP contribution in [0.5, 0.6) is 0 Å². The van der Waals surface area contributed by atoms with Crippen molar-refractivity contribution >= 4 is 17.7 Å². The molecule has 5 nitrogen and oxygen atoms in total. The fraction of sp³-hybridized carbons (Fsp3) is 0.714. The van der Waals surface area contributed by atoms with Gasteiger partial charge in [0.25, 0.3) is 0 Å². The Morgan fingerprint density at radius 1 is 1.50 bits per heavy atom. The minimum Gasteiger partial charge on any atom is -0.481 e. The van der Waals surface area contributed by atoms with E-state index < -0.39 is 5.97 Å². The normalized spacial score (nSPS) is 17.5. The molecule has 6 heteroatoms. The lowest BCUT2D eigenvalue weighted by Gasteiger charge is -2.31. The molecule has 0 atom stereocenters. The molecule has 1 aromatic rings. The summed E-state index contributed by atoms with van der Waals surface area (Å²) in [5, 5.41) is 9.62. The molecule has 20 heavy (non-hydrogen) atoms. The summed E-state index contributed by atoms with van der Waals surface area (Å²) in [7, 11) is 0. The van der Waals surface area contributed by atoms with Gasteiger partial charge in [-0.2, -0.15) is 0 Å². The molecule has 0 saturated carbocycles. The third kappa shape index (κ3) is 4.24. The molecule has 1 aliphatic rings. The van der Waals surface area contributed by atoms with Crippen LogP contribution < -0.4 is 0 Å². The number of carbonyl (C=O) groups is 1. The van der Waals surface area contributed by atoms with Crippen molar-refractivity contribution in [2.24, 2.45) is 5.92 Å². The lowest BCUT2D eigenvalue weighted by atomic mass is 9.97. The first-order chi connectivity index (χ1) is 9.58. The van der Waals surface area contributed by atoms with Crippen LogP contribution in [-0.2, 0) is 11.3 Å². The van der Waals surface area contributed by atoms with E-state index in [1.54, 1.807) is 0 Å². The van der Waals surface area contributed by atoms with Crippen LogP contribution in [-0.4, -0.2) is 50.9 Å². The Morgan fingerprint density at radius 3 is 2.80 bits per heavy atom. The number of carboxylic acids is 1. The Labute approximate surface area is 124 Å². The van der Waals surface area contributed by atoms with Crippen molar-refractivity contribution in [2.75, 3.05) is 25.4 Å². The van der Waals surface area contributed by atoms with Crippen LogP contribution in [0.2, 0.25) is 0 Å². The third-order valence-corrected chi connectivity index (χ3v) is 4.77. The summed E-state index contributed by atoms with van der Waals surface area (Å²) in [5.41, 5.74) is 0.962. The Bertz CT molecular complexity index is 453.